The van der Waals surface area contributed by atoms with Crippen LogP contribution in [0.5, 0.6) is 0 Å². The van der Waals surface area contributed by atoms with Crippen molar-refractivity contribution in [3.63, 3.8) is 0 Å². The number of benzene rings is 10. The van der Waals surface area contributed by atoms with E-state index in [9.17, 15) is 67.4 Å². The first-order valence-corrected chi connectivity index (χ1v) is 43.2. The molecule has 1 aliphatic rings. The first kappa shape index (κ1) is 98.7. The molecule has 0 aromatic heterocycles. The minimum atomic E-state index is -2.21. The second-order valence-corrected chi connectivity index (χ2v) is 31.2. The molecule has 1 fully saturated rings. The van der Waals surface area contributed by atoms with Gasteiger partial charge in [-0.2, -0.15) is 4.99 Å². The van der Waals surface area contributed by atoms with Crippen LogP contribution in [0.3, 0.4) is 0 Å². The number of hydrogen-bond donors (Lipinski definition) is 7. The average Bonchev–Trinajstić information content (AvgIpc) is 0.873. The third kappa shape index (κ3) is 36.6. The zero-order chi connectivity index (χ0) is 94.7. The number of carboxylic acids is 1. The Bertz CT molecular complexity index is 5820. The van der Waals surface area contributed by atoms with Crippen LogP contribution >= 0.6 is 0 Å². The number of hydrogen-bond acceptors (Lipinski definition) is 26. The van der Waals surface area contributed by atoms with E-state index in [4.69, 9.17) is 56.8 Å². The quantitative estimate of drug-likeness (QED) is 0.00354. The normalized spacial score (nSPS) is 12.1. The Morgan fingerprint density at radius 3 is 1.04 bits per heavy atom. The molecule has 0 radical (unpaired) electrons. The van der Waals surface area contributed by atoms with Gasteiger partial charge in [0, 0.05) is 47.0 Å². The summed E-state index contributed by atoms with van der Waals surface area (Å²) in [6.45, 7) is 0.899. The van der Waals surface area contributed by atoms with Gasteiger partial charge in [0.2, 0.25) is 11.7 Å². The van der Waals surface area contributed by atoms with Crippen LogP contribution in [0.2, 0.25) is 0 Å². The number of isocyanates is 1. The molecule has 0 aliphatic carbocycles. The zero-order valence-corrected chi connectivity index (χ0v) is 73.4. The van der Waals surface area contributed by atoms with Crippen molar-refractivity contribution in [1.82, 2.24) is 0 Å². The lowest BCUT2D eigenvalue weighted by atomic mass is 9.99. The van der Waals surface area contributed by atoms with Gasteiger partial charge in [-0.05, 0) is 222 Å². The summed E-state index contributed by atoms with van der Waals surface area (Å²) in [4.78, 5) is 166. The van der Waals surface area contributed by atoms with Gasteiger partial charge in [0.1, 0.15) is 45.7 Å². The molecule has 10 aromatic carbocycles. The van der Waals surface area contributed by atoms with Gasteiger partial charge in [-0.25, -0.2) is 38.4 Å². The summed E-state index contributed by atoms with van der Waals surface area (Å²) >= 11 is 0. The summed E-state index contributed by atoms with van der Waals surface area (Å²) in [6.07, 6.45) is 0.129. The van der Waals surface area contributed by atoms with Gasteiger partial charge < -0.3 is 61.9 Å². The number of anilines is 6. The minimum absolute atomic E-state index is 0.0103. The fraction of sp³-hybridized carbons (Fsp3) is 0.277. The molecule has 0 spiro atoms. The van der Waals surface area contributed by atoms with Crippen molar-refractivity contribution in [1.29, 1.82) is 0 Å². The first-order valence-electron chi connectivity index (χ1n) is 43.2. The number of carbonyl (C=O) groups excluding carboxylic acids is 12. The highest BCUT2D eigenvalue weighted by atomic mass is 16.6. The van der Waals surface area contributed by atoms with Gasteiger partial charge in [-0.15, -0.1) is 0 Å². The number of carboxylic acid groups (broad SMARTS) is 1. The summed E-state index contributed by atoms with van der Waals surface area (Å²) in [6, 6.07) is 71.5. The minimum Gasteiger partial charge on any atom is -0.478 e. The van der Waals surface area contributed by atoms with Crippen LogP contribution in [-0.4, -0.2) is 168 Å². The molecule has 10 aromatic rings. The molecule has 7 N–H and O–H groups in total. The summed E-state index contributed by atoms with van der Waals surface area (Å²) in [5, 5.41) is 25.9. The van der Waals surface area contributed by atoms with Crippen molar-refractivity contribution in [3.05, 3.63) is 315 Å². The van der Waals surface area contributed by atoms with Crippen LogP contribution in [-0.2, 0) is 142 Å². The van der Waals surface area contributed by atoms with Crippen molar-refractivity contribution >= 4 is 118 Å². The second-order valence-electron chi connectivity index (χ2n) is 31.2. The molecule has 0 bridgehead atoms. The molecule has 33 nitrogen and oxygen atoms in total. The molecule has 2 unspecified atom stereocenters. The predicted octanol–water partition coefficient (Wildman–Crippen LogP) is 16.6. The second kappa shape index (κ2) is 52.1. The van der Waals surface area contributed by atoms with E-state index < -0.39 is 84.6 Å². The van der Waals surface area contributed by atoms with Gasteiger partial charge >= 0.3 is 72.4 Å². The highest BCUT2D eigenvalue weighted by Crippen LogP contribution is 2.26. The van der Waals surface area contributed by atoms with E-state index in [1.54, 1.807) is 133 Å². The number of aliphatic carboxylic acids is 1. The number of epoxide rings is 1. The van der Waals surface area contributed by atoms with Crippen LogP contribution in [0.25, 0.3) is 0 Å². The van der Waals surface area contributed by atoms with E-state index in [0.29, 0.717) is 103 Å². The van der Waals surface area contributed by atoms with Crippen LogP contribution in [0, 0.1) is 0 Å². The monoisotopic (exact) mass is 1830 g/mol. The summed E-state index contributed by atoms with van der Waals surface area (Å²) in [5.41, 5.74) is 11.6. The summed E-state index contributed by atoms with van der Waals surface area (Å²) in [5.74, 6) is -4.56. The molecular weight excluding hydrogens is 1730 g/mol. The molecule has 0 saturated carbocycles. The Balaban J connectivity index is 0.478. The van der Waals surface area contributed by atoms with Crippen molar-refractivity contribution in [2.75, 3.05) is 105 Å². The lowest BCUT2D eigenvalue weighted by Gasteiger charge is -2.24. The van der Waals surface area contributed by atoms with Gasteiger partial charge in [0.25, 0.3) is 0 Å². The molecular formula is C101H101N7O26. The van der Waals surface area contributed by atoms with Crippen LogP contribution in [0.15, 0.2) is 248 Å². The Morgan fingerprint density at radius 1 is 0.343 bits per heavy atom. The van der Waals surface area contributed by atoms with Gasteiger partial charge in [-0.3, -0.25) is 55.9 Å². The standard InChI is InChI=1S/C101H101N7O26/c1-101(94(115)116,134-93(114)63-80-21-8-18-70(50-80)47-71-22-9-29-81(54-71)102-67-109)66-132-99(121)107-86-34-14-27-76(59-86)52-72-23-10-30-82(55-72)103-95(117)127-39-5-4-38-124-91(112)61-78-19-6-16-68(48-78)46-69-17-7-20-79(49-69)62-92(113)126-43-41-123-40-42-125-89(110)36-2-3-37-90(111)133-100(122)108-87-35-15-28-77(60-87)53-74-25-12-32-84(57-74)105-97(119)129-45-44-128-96(118)104-83-31-11-24-73(56-83)51-75-26-13-33-85(58-75)106-98(120)131-65-88-64-130-88/h6-35,48-50,54-60,88H,2-5,36-47,51-53,61-66H2,1H3,(H,103,117)(H,104,118)(H,105,119)(H,106,120)(H,107,121)(H,108,122)(H,115,116). The number of esters is 5. The topological polar surface area (TPSA) is 441 Å². The highest BCUT2D eigenvalue weighted by molar-refractivity contribution is 5.93. The molecule has 33 heteroatoms. The maximum Gasteiger partial charge on any atom is 0.419 e. The van der Waals surface area contributed by atoms with Gasteiger partial charge in [-0.1, -0.05) is 158 Å². The maximum atomic E-state index is 13.1. The molecule has 1 heterocycles. The first-order chi connectivity index (χ1) is 64.9. The number of ether oxygens (including phenoxy) is 12. The van der Waals surface area contributed by atoms with E-state index in [-0.39, 0.29) is 104 Å². The molecule has 11 rings (SSSR count). The van der Waals surface area contributed by atoms with E-state index in [2.05, 4.69) is 36.9 Å². The fourth-order valence-corrected chi connectivity index (χ4v) is 13.7. The fourth-order valence-electron chi connectivity index (χ4n) is 13.7. The van der Waals surface area contributed by atoms with Crippen LogP contribution < -0.4 is 31.9 Å². The Morgan fingerprint density at radius 2 is 0.649 bits per heavy atom. The number of amides is 6. The van der Waals surface area contributed by atoms with Crippen molar-refractivity contribution in [2.45, 2.75) is 109 Å². The van der Waals surface area contributed by atoms with E-state index in [1.807, 2.05) is 109 Å². The summed E-state index contributed by atoms with van der Waals surface area (Å²) < 4.78 is 63.3. The number of rotatable bonds is 48. The number of aliphatic imine (C=N–C) groups is 1. The van der Waals surface area contributed by atoms with Crippen molar-refractivity contribution < 1.29 is 124 Å². The molecule has 696 valence electrons. The lowest BCUT2D eigenvalue weighted by molar-refractivity contribution is -0.180. The van der Waals surface area contributed by atoms with E-state index in [1.165, 1.54) is 6.08 Å². The number of carbonyl (C=O) groups is 12. The van der Waals surface area contributed by atoms with E-state index in [0.717, 1.165) is 73.7 Å². The molecule has 134 heavy (non-hydrogen) atoms. The average molecular weight is 1830 g/mol. The van der Waals surface area contributed by atoms with Crippen molar-refractivity contribution in [3.8, 4) is 0 Å². The van der Waals surface area contributed by atoms with Gasteiger partial charge in [0.15, 0.2) is 0 Å². The zero-order valence-electron chi connectivity index (χ0n) is 73.4. The SMILES string of the molecule is CC(COC(=O)Nc1cccc(Cc2cccc(NC(=O)OCCCCOC(=O)Cc3cccc(Cc4cccc(CC(=O)OCCOCCOC(=O)CCCCC(=O)OC(=O)Nc5cccc(Cc6cccc(NC(=O)OCCOC(=O)Nc7cccc(Cc8cccc(NC(=O)OCC9CO9)c8)c7)c6)c5)c4)c3)c2)c1)(OC(=O)Cc1cccc(Cc2cccc(N=C=O)c2)c1)C(=O)O. The number of unbranched alkanes of at least 4 members (excludes halogenated alkanes) is 2. The lowest BCUT2D eigenvalue weighted by Crippen LogP contribution is -2.45. The molecule has 1 aliphatic heterocycles. The smallest absolute Gasteiger partial charge is 0.419 e. The molecule has 2 atom stereocenters. The van der Waals surface area contributed by atoms with Crippen LogP contribution in [0.4, 0.5) is 68.6 Å². The third-order valence-electron chi connectivity index (χ3n) is 20.0. The third-order valence-corrected chi connectivity index (χ3v) is 20.0. The van der Waals surface area contributed by atoms with E-state index >= 15 is 0 Å². The van der Waals surface area contributed by atoms with Crippen molar-refractivity contribution in [2.24, 2.45) is 4.99 Å². The highest BCUT2D eigenvalue weighted by Gasteiger charge is 2.40. The Hall–Kier alpha value is -15.9. The maximum absolute atomic E-state index is 13.1. The largest absolute Gasteiger partial charge is 0.478 e. The van der Waals surface area contributed by atoms with Gasteiger partial charge in [0.05, 0.1) is 58.0 Å². The number of nitrogens with zero attached hydrogens (tertiary/aromatic N) is 1. The molecule has 1 saturated heterocycles. The molecule has 6 amide bonds. The number of nitrogens with one attached hydrogen (secondary N) is 6. The summed E-state index contributed by atoms with van der Waals surface area (Å²) in [7, 11) is 0. The predicted molar refractivity (Wildman–Crippen MR) is 491 cm³/mol. The van der Waals surface area contributed by atoms with Crippen LogP contribution in [0.1, 0.15) is 118 Å². The Kier molecular flexibility index (Phi) is 38.4. The Labute approximate surface area is 771 Å².